The molecule has 1 saturated heterocycles. The van der Waals surface area contributed by atoms with Gasteiger partial charge in [-0.3, -0.25) is 9.29 Å². The SMILES string of the molecule is COc1cccc(F)c1[C@H](CCF)N1CCNCC1.Cl. The average Bonchev–Trinajstić information content (AvgIpc) is 2.46. The molecule has 20 heavy (non-hydrogen) atoms. The van der Waals surface area contributed by atoms with Crippen LogP contribution in [0.5, 0.6) is 5.75 Å². The highest BCUT2D eigenvalue weighted by atomic mass is 35.5. The van der Waals surface area contributed by atoms with Crippen LogP contribution >= 0.6 is 12.4 Å². The first-order valence-electron chi connectivity index (χ1n) is 6.61. The molecule has 0 unspecified atom stereocenters. The van der Waals surface area contributed by atoms with Gasteiger partial charge in [0.15, 0.2) is 0 Å². The smallest absolute Gasteiger partial charge is 0.131 e. The van der Waals surface area contributed by atoms with Crippen LogP contribution in [0, 0.1) is 5.82 Å². The predicted octanol–water partition coefficient (Wildman–Crippen LogP) is 2.56. The van der Waals surface area contributed by atoms with Crippen molar-refractivity contribution in [1.82, 2.24) is 10.2 Å². The van der Waals surface area contributed by atoms with Gasteiger partial charge in [-0.25, -0.2) is 4.39 Å². The van der Waals surface area contributed by atoms with E-state index >= 15 is 0 Å². The van der Waals surface area contributed by atoms with Crippen LogP contribution in [0.3, 0.4) is 0 Å². The molecule has 0 amide bonds. The second-order valence-corrected chi connectivity index (χ2v) is 4.64. The van der Waals surface area contributed by atoms with Crippen molar-refractivity contribution in [3.63, 3.8) is 0 Å². The zero-order valence-corrected chi connectivity index (χ0v) is 12.4. The topological polar surface area (TPSA) is 24.5 Å². The number of halogens is 3. The Bertz CT molecular complexity index is 414. The number of hydrogen-bond acceptors (Lipinski definition) is 3. The molecule has 3 nitrogen and oxygen atoms in total. The molecule has 0 bridgehead atoms. The fraction of sp³-hybridized carbons (Fsp3) is 0.571. The highest BCUT2D eigenvalue weighted by Crippen LogP contribution is 2.34. The van der Waals surface area contributed by atoms with E-state index in [4.69, 9.17) is 4.74 Å². The molecule has 1 fully saturated rings. The molecule has 1 aromatic rings. The summed E-state index contributed by atoms with van der Waals surface area (Å²) in [6.45, 7) is 2.81. The van der Waals surface area contributed by atoms with Gasteiger partial charge in [-0.1, -0.05) is 6.07 Å². The lowest BCUT2D eigenvalue weighted by atomic mass is 10.00. The molecule has 1 aliphatic heterocycles. The van der Waals surface area contributed by atoms with Gasteiger partial charge in [0, 0.05) is 37.8 Å². The largest absolute Gasteiger partial charge is 0.496 e. The Labute approximate surface area is 124 Å². The van der Waals surface area contributed by atoms with Crippen molar-refractivity contribution in [2.24, 2.45) is 0 Å². The highest BCUT2D eigenvalue weighted by molar-refractivity contribution is 5.85. The normalized spacial score (nSPS) is 17.4. The molecular weight excluding hydrogens is 286 g/mol. The third kappa shape index (κ3) is 3.81. The van der Waals surface area contributed by atoms with Crippen molar-refractivity contribution in [1.29, 1.82) is 0 Å². The van der Waals surface area contributed by atoms with Gasteiger partial charge in [-0.15, -0.1) is 12.4 Å². The van der Waals surface area contributed by atoms with E-state index in [2.05, 4.69) is 10.2 Å². The van der Waals surface area contributed by atoms with Crippen LogP contribution in [-0.4, -0.2) is 44.9 Å². The summed E-state index contributed by atoms with van der Waals surface area (Å²) in [5.41, 5.74) is 0.476. The van der Waals surface area contributed by atoms with Gasteiger partial charge in [0.25, 0.3) is 0 Å². The monoisotopic (exact) mass is 306 g/mol. The van der Waals surface area contributed by atoms with E-state index in [1.165, 1.54) is 13.2 Å². The van der Waals surface area contributed by atoms with Gasteiger partial charge < -0.3 is 10.1 Å². The summed E-state index contributed by atoms with van der Waals surface area (Å²) in [4.78, 5) is 2.12. The fourth-order valence-corrected chi connectivity index (χ4v) is 2.63. The van der Waals surface area contributed by atoms with Crippen molar-refractivity contribution in [3.05, 3.63) is 29.6 Å². The standard InChI is InChI=1S/C14H20F2N2O.ClH/c1-19-13-4-2-3-11(16)14(13)12(5-6-15)18-9-7-17-8-10-18;/h2-4,12,17H,5-10H2,1H3;1H/t12-;/m0./s1. The maximum atomic E-state index is 14.1. The van der Waals surface area contributed by atoms with E-state index in [1.54, 1.807) is 12.1 Å². The zero-order chi connectivity index (χ0) is 13.7. The first kappa shape index (κ1) is 17.1. The molecule has 1 aromatic carbocycles. The summed E-state index contributed by atoms with van der Waals surface area (Å²) in [6, 6.07) is 4.49. The second kappa shape index (κ2) is 8.39. The summed E-state index contributed by atoms with van der Waals surface area (Å²) in [7, 11) is 1.52. The fourth-order valence-electron chi connectivity index (χ4n) is 2.63. The minimum Gasteiger partial charge on any atom is -0.496 e. The second-order valence-electron chi connectivity index (χ2n) is 4.64. The molecule has 1 heterocycles. The molecule has 2 rings (SSSR count). The molecule has 0 saturated carbocycles. The van der Waals surface area contributed by atoms with Gasteiger partial charge in [0.05, 0.1) is 13.8 Å². The molecule has 0 spiro atoms. The molecule has 1 atom stereocenters. The van der Waals surface area contributed by atoms with Crippen molar-refractivity contribution in [3.8, 4) is 5.75 Å². The number of rotatable bonds is 5. The quantitative estimate of drug-likeness (QED) is 0.905. The van der Waals surface area contributed by atoms with Gasteiger partial charge in [-0.2, -0.15) is 0 Å². The Morgan fingerprint density at radius 2 is 2.05 bits per heavy atom. The Kier molecular flexibility index (Phi) is 7.19. The number of hydrogen-bond donors (Lipinski definition) is 1. The van der Waals surface area contributed by atoms with E-state index < -0.39 is 6.67 Å². The number of nitrogens with one attached hydrogen (secondary N) is 1. The number of piperazine rings is 1. The minimum atomic E-state index is -0.466. The summed E-state index contributed by atoms with van der Waals surface area (Å²) >= 11 is 0. The number of benzene rings is 1. The summed E-state index contributed by atoms with van der Waals surface area (Å²) in [5, 5.41) is 3.25. The van der Waals surface area contributed by atoms with E-state index in [0.29, 0.717) is 11.3 Å². The molecule has 1 N–H and O–H groups in total. The average molecular weight is 307 g/mol. The van der Waals surface area contributed by atoms with Gasteiger partial charge in [0.1, 0.15) is 11.6 Å². The van der Waals surface area contributed by atoms with Crippen molar-refractivity contribution >= 4 is 12.4 Å². The van der Waals surface area contributed by atoms with Gasteiger partial charge in [0.2, 0.25) is 0 Å². The molecule has 1 aliphatic rings. The van der Waals surface area contributed by atoms with Crippen LogP contribution in [0.4, 0.5) is 8.78 Å². The van der Waals surface area contributed by atoms with Crippen molar-refractivity contribution in [2.45, 2.75) is 12.5 Å². The number of nitrogens with zero attached hydrogens (tertiary/aromatic N) is 1. The Morgan fingerprint density at radius 1 is 1.35 bits per heavy atom. The lowest BCUT2D eigenvalue weighted by molar-refractivity contribution is 0.151. The summed E-state index contributed by atoms with van der Waals surface area (Å²) in [6.07, 6.45) is 0.289. The maximum Gasteiger partial charge on any atom is 0.131 e. The van der Waals surface area contributed by atoms with Gasteiger partial charge >= 0.3 is 0 Å². The highest BCUT2D eigenvalue weighted by Gasteiger charge is 2.27. The Balaban J connectivity index is 0.00000200. The maximum absolute atomic E-state index is 14.1. The number of ether oxygens (including phenoxy) is 1. The third-order valence-corrected chi connectivity index (χ3v) is 3.54. The van der Waals surface area contributed by atoms with Crippen LogP contribution in [-0.2, 0) is 0 Å². The first-order valence-corrected chi connectivity index (χ1v) is 6.61. The third-order valence-electron chi connectivity index (χ3n) is 3.54. The molecule has 114 valence electrons. The molecule has 0 aliphatic carbocycles. The Morgan fingerprint density at radius 3 is 2.65 bits per heavy atom. The van der Waals surface area contributed by atoms with Crippen LogP contribution < -0.4 is 10.1 Å². The lowest BCUT2D eigenvalue weighted by Crippen LogP contribution is -2.45. The number of methoxy groups -OCH3 is 1. The van der Waals surface area contributed by atoms with Crippen LogP contribution in [0.25, 0.3) is 0 Å². The van der Waals surface area contributed by atoms with Crippen molar-refractivity contribution < 1.29 is 13.5 Å². The number of alkyl halides is 1. The zero-order valence-electron chi connectivity index (χ0n) is 11.6. The van der Waals surface area contributed by atoms with Crippen molar-refractivity contribution in [2.75, 3.05) is 40.0 Å². The van der Waals surface area contributed by atoms with E-state index in [1.807, 2.05) is 0 Å². The lowest BCUT2D eigenvalue weighted by Gasteiger charge is -2.35. The summed E-state index contributed by atoms with van der Waals surface area (Å²) < 4.78 is 32.2. The van der Waals surface area contributed by atoms with Crippen LogP contribution in [0.1, 0.15) is 18.0 Å². The minimum absolute atomic E-state index is 0. The van der Waals surface area contributed by atoms with Crippen LogP contribution in [0.15, 0.2) is 18.2 Å². The molecule has 6 heteroatoms. The molecular formula is C14H21ClF2N2O. The van der Waals surface area contributed by atoms with Gasteiger partial charge in [-0.05, 0) is 18.6 Å². The predicted molar refractivity (Wildman–Crippen MR) is 78.0 cm³/mol. The summed E-state index contributed by atoms with van der Waals surface area (Å²) in [5.74, 6) is 0.174. The molecule has 0 aromatic heterocycles. The van der Waals surface area contributed by atoms with E-state index in [0.717, 1.165) is 26.2 Å². The first-order chi connectivity index (χ1) is 9.27. The Hall–Kier alpha value is -0.910. The van der Waals surface area contributed by atoms with E-state index in [-0.39, 0.29) is 30.7 Å². The van der Waals surface area contributed by atoms with Crippen LogP contribution in [0.2, 0.25) is 0 Å². The molecule has 0 radical (unpaired) electrons. The van der Waals surface area contributed by atoms with E-state index in [9.17, 15) is 8.78 Å².